The highest BCUT2D eigenvalue weighted by molar-refractivity contribution is 5.76. The number of hydrogen-bond donors (Lipinski definition) is 2. The molecule has 0 saturated heterocycles. The van der Waals surface area contributed by atoms with Crippen LogP contribution in [0.3, 0.4) is 0 Å². The van der Waals surface area contributed by atoms with E-state index < -0.39 is 12.0 Å². The lowest BCUT2D eigenvalue weighted by molar-refractivity contribution is -0.143. The quantitative estimate of drug-likeness (QED) is 0.785. The van der Waals surface area contributed by atoms with Gasteiger partial charge in [-0.3, -0.25) is 14.4 Å². The number of rotatable bonds is 6. The molecule has 1 unspecified atom stereocenters. The molecule has 0 spiro atoms. The fraction of sp³-hybridized carbons (Fsp3) is 0.412. The monoisotopic (exact) mass is 332 g/mol. The highest BCUT2D eigenvalue weighted by atomic mass is 16.5. The Labute approximate surface area is 141 Å². The van der Waals surface area contributed by atoms with Crippen molar-refractivity contribution in [3.8, 4) is 5.75 Å². The largest absolute Gasteiger partial charge is 0.495 e. The molecule has 0 aliphatic rings. The molecule has 2 rings (SSSR count). The standard InChI is InChI=1S/C17H24N4O3/c1-10-13(11(2)21(4)19-10)9-20(3)16(17(22)23)12-6-7-14(18)15(8-12)24-5/h6-8,16H,9,18H2,1-5H3,(H,22,23). The molecule has 1 aromatic carbocycles. The molecule has 130 valence electrons. The molecule has 7 heteroatoms. The molecule has 24 heavy (non-hydrogen) atoms. The van der Waals surface area contributed by atoms with Crippen LogP contribution in [0, 0.1) is 13.8 Å². The Morgan fingerprint density at radius 2 is 2.12 bits per heavy atom. The molecule has 0 radical (unpaired) electrons. The van der Waals surface area contributed by atoms with E-state index in [4.69, 9.17) is 10.5 Å². The van der Waals surface area contributed by atoms with Gasteiger partial charge < -0.3 is 15.6 Å². The Hall–Kier alpha value is -2.54. The van der Waals surface area contributed by atoms with Gasteiger partial charge in [-0.25, -0.2) is 0 Å². The van der Waals surface area contributed by atoms with Crippen molar-refractivity contribution in [3.63, 3.8) is 0 Å². The number of anilines is 1. The Morgan fingerprint density at radius 3 is 2.62 bits per heavy atom. The van der Waals surface area contributed by atoms with Gasteiger partial charge in [-0.15, -0.1) is 0 Å². The molecule has 0 saturated carbocycles. The third-order valence-corrected chi connectivity index (χ3v) is 4.31. The van der Waals surface area contributed by atoms with Gasteiger partial charge in [0.2, 0.25) is 0 Å². The maximum Gasteiger partial charge on any atom is 0.325 e. The van der Waals surface area contributed by atoms with E-state index in [1.165, 1.54) is 7.11 Å². The van der Waals surface area contributed by atoms with Crippen LogP contribution in [0.4, 0.5) is 5.69 Å². The lowest BCUT2D eigenvalue weighted by Gasteiger charge is -2.25. The van der Waals surface area contributed by atoms with E-state index in [0.29, 0.717) is 23.5 Å². The summed E-state index contributed by atoms with van der Waals surface area (Å²) in [6.45, 7) is 4.39. The van der Waals surface area contributed by atoms with Gasteiger partial charge in [0, 0.05) is 24.8 Å². The van der Waals surface area contributed by atoms with Crippen molar-refractivity contribution in [2.75, 3.05) is 19.9 Å². The number of nitrogen functional groups attached to an aromatic ring is 1. The zero-order chi connectivity index (χ0) is 18.0. The zero-order valence-corrected chi connectivity index (χ0v) is 14.7. The van der Waals surface area contributed by atoms with Crippen LogP contribution in [0.1, 0.15) is 28.6 Å². The fourth-order valence-corrected chi connectivity index (χ4v) is 2.87. The number of likely N-dealkylation sites (N-methyl/N-ethyl adjacent to an activating group) is 1. The minimum atomic E-state index is -0.927. The number of carboxylic acid groups (broad SMARTS) is 1. The summed E-state index contributed by atoms with van der Waals surface area (Å²) in [6, 6.07) is 4.25. The summed E-state index contributed by atoms with van der Waals surface area (Å²) >= 11 is 0. The van der Waals surface area contributed by atoms with Crippen LogP contribution in [0.5, 0.6) is 5.75 Å². The SMILES string of the molecule is COc1cc(C(C(=O)O)N(C)Cc2c(C)nn(C)c2C)ccc1N. The first-order chi connectivity index (χ1) is 11.3. The number of benzene rings is 1. The zero-order valence-electron chi connectivity index (χ0n) is 14.7. The number of nitrogens with two attached hydrogens (primary N) is 1. The maximum atomic E-state index is 11.9. The number of aliphatic carboxylic acids is 1. The molecule has 0 fully saturated rings. The molecule has 0 bridgehead atoms. The van der Waals surface area contributed by atoms with Crippen LogP contribution in [-0.4, -0.2) is 39.9 Å². The highest BCUT2D eigenvalue weighted by Crippen LogP contribution is 2.29. The van der Waals surface area contributed by atoms with E-state index in [9.17, 15) is 9.90 Å². The van der Waals surface area contributed by atoms with Gasteiger partial charge in [-0.1, -0.05) is 6.07 Å². The molecular weight excluding hydrogens is 308 g/mol. The second kappa shape index (κ2) is 6.92. The molecule has 1 heterocycles. The predicted octanol–water partition coefficient (Wildman–Crippen LogP) is 1.89. The average Bonchev–Trinajstić information content (AvgIpc) is 2.75. The molecule has 0 aliphatic carbocycles. The van der Waals surface area contributed by atoms with Crippen LogP contribution in [0.2, 0.25) is 0 Å². The summed E-state index contributed by atoms with van der Waals surface area (Å²) < 4.78 is 7.01. The first kappa shape index (κ1) is 17.8. The van der Waals surface area contributed by atoms with E-state index in [1.807, 2.05) is 20.9 Å². The van der Waals surface area contributed by atoms with E-state index in [-0.39, 0.29) is 0 Å². The summed E-state index contributed by atoms with van der Waals surface area (Å²) in [6.07, 6.45) is 0. The maximum absolute atomic E-state index is 11.9. The van der Waals surface area contributed by atoms with E-state index in [0.717, 1.165) is 17.0 Å². The third kappa shape index (κ3) is 3.35. The van der Waals surface area contributed by atoms with Crippen LogP contribution >= 0.6 is 0 Å². The van der Waals surface area contributed by atoms with Gasteiger partial charge in [0.25, 0.3) is 0 Å². The molecule has 2 aromatic rings. The van der Waals surface area contributed by atoms with Crippen LogP contribution < -0.4 is 10.5 Å². The van der Waals surface area contributed by atoms with Crippen molar-refractivity contribution >= 4 is 11.7 Å². The molecular formula is C17H24N4O3. The summed E-state index contributed by atoms with van der Waals surface area (Å²) in [5.74, 6) is -0.454. The number of aryl methyl sites for hydroxylation is 2. The Morgan fingerprint density at radius 1 is 1.46 bits per heavy atom. The van der Waals surface area contributed by atoms with E-state index >= 15 is 0 Å². The topological polar surface area (TPSA) is 93.6 Å². The number of carboxylic acids is 1. The Balaban J connectivity index is 2.35. The van der Waals surface area contributed by atoms with Gasteiger partial charge in [0.1, 0.15) is 11.8 Å². The minimum absolute atomic E-state index is 0.473. The molecule has 7 nitrogen and oxygen atoms in total. The number of carbonyl (C=O) groups is 1. The number of methoxy groups -OCH3 is 1. The molecule has 0 amide bonds. The first-order valence-electron chi connectivity index (χ1n) is 7.61. The van der Waals surface area contributed by atoms with Crippen molar-refractivity contribution in [1.29, 1.82) is 0 Å². The predicted molar refractivity (Wildman–Crippen MR) is 91.9 cm³/mol. The molecule has 1 aromatic heterocycles. The number of hydrogen-bond acceptors (Lipinski definition) is 5. The van der Waals surface area contributed by atoms with Crippen molar-refractivity contribution in [2.45, 2.75) is 26.4 Å². The van der Waals surface area contributed by atoms with Crippen LogP contribution in [-0.2, 0) is 18.4 Å². The van der Waals surface area contributed by atoms with E-state index in [2.05, 4.69) is 5.10 Å². The fourth-order valence-electron chi connectivity index (χ4n) is 2.87. The Bertz CT molecular complexity index is 755. The van der Waals surface area contributed by atoms with Gasteiger partial charge in [0.05, 0.1) is 18.5 Å². The number of aromatic nitrogens is 2. The average molecular weight is 332 g/mol. The first-order valence-corrected chi connectivity index (χ1v) is 7.61. The van der Waals surface area contributed by atoms with Crippen LogP contribution in [0.15, 0.2) is 18.2 Å². The smallest absolute Gasteiger partial charge is 0.325 e. The number of ether oxygens (including phenoxy) is 1. The van der Waals surface area contributed by atoms with Gasteiger partial charge >= 0.3 is 5.97 Å². The van der Waals surface area contributed by atoms with Crippen molar-refractivity contribution < 1.29 is 14.6 Å². The summed E-state index contributed by atoms with van der Waals surface area (Å²) in [4.78, 5) is 13.6. The summed E-state index contributed by atoms with van der Waals surface area (Å²) in [5.41, 5.74) is 9.89. The molecule has 0 aliphatic heterocycles. The van der Waals surface area contributed by atoms with E-state index in [1.54, 1.807) is 34.8 Å². The lowest BCUT2D eigenvalue weighted by Crippen LogP contribution is -2.31. The molecule has 3 N–H and O–H groups in total. The molecule has 1 atom stereocenters. The van der Waals surface area contributed by atoms with Crippen molar-refractivity contribution in [2.24, 2.45) is 7.05 Å². The third-order valence-electron chi connectivity index (χ3n) is 4.31. The second-order valence-electron chi connectivity index (χ2n) is 5.93. The normalized spacial score (nSPS) is 12.4. The highest BCUT2D eigenvalue weighted by Gasteiger charge is 2.27. The van der Waals surface area contributed by atoms with Gasteiger partial charge in [-0.2, -0.15) is 5.10 Å². The van der Waals surface area contributed by atoms with Crippen molar-refractivity contribution in [1.82, 2.24) is 14.7 Å². The summed E-state index contributed by atoms with van der Waals surface area (Å²) in [7, 11) is 5.18. The summed E-state index contributed by atoms with van der Waals surface area (Å²) in [5, 5.41) is 14.1. The number of nitrogens with zero attached hydrogens (tertiary/aromatic N) is 3. The van der Waals surface area contributed by atoms with Crippen molar-refractivity contribution in [3.05, 3.63) is 40.7 Å². The van der Waals surface area contributed by atoms with Gasteiger partial charge in [0.15, 0.2) is 0 Å². The lowest BCUT2D eigenvalue weighted by atomic mass is 10.0. The minimum Gasteiger partial charge on any atom is -0.495 e. The van der Waals surface area contributed by atoms with Gasteiger partial charge in [-0.05, 0) is 38.6 Å². The second-order valence-corrected chi connectivity index (χ2v) is 5.93. The Kier molecular flexibility index (Phi) is 5.14. The van der Waals surface area contributed by atoms with Crippen LogP contribution in [0.25, 0.3) is 0 Å².